The molecule has 2 amide bonds. The molecule has 1 aliphatic heterocycles. The predicted molar refractivity (Wildman–Crippen MR) is 109 cm³/mol. The molecule has 1 unspecified atom stereocenters. The maximum Gasteiger partial charge on any atom is 0.413 e. The van der Waals surface area contributed by atoms with Gasteiger partial charge in [0, 0.05) is 17.4 Å². The average Bonchev–Trinajstić information content (AvgIpc) is 2.94. The standard InChI is InChI=1S/C19H21ClFN5O4/c1-18(2,3)30-17(29)24-14-15-23-13(20)8-26(15)9-19(4,25-14)11-7-10(22-16(27)28)5-6-12(11)21/h5-8,22H,9H2,1-4H3,(H,27,28)(H,24,25,29). The smallest absolute Gasteiger partial charge is 0.413 e. The highest BCUT2D eigenvalue weighted by Gasteiger charge is 2.37. The highest BCUT2D eigenvalue weighted by molar-refractivity contribution is 6.29. The van der Waals surface area contributed by atoms with Crippen LogP contribution >= 0.6 is 11.6 Å². The summed E-state index contributed by atoms with van der Waals surface area (Å²) in [7, 11) is 0. The van der Waals surface area contributed by atoms with Crippen molar-refractivity contribution in [3.8, 4) is 0 Å². The van der Waals surface area contributed by atoms with Gasteiger partial charge in [0.15, 0.2) is 11.7 Å². The number of hydrogen-bond donors (Lipinski definition) is 3. The van der Waals surface area contributed by atoms with Gasteiger partial charge in [0.2, 0.25) is 0 Å². The van der Waals surface area contributed by atoms with Crippen LogP contribution in [0.2, 0.25) is 5.15 Å². The van der Waals surface area contributed by atoms with Gasteiger partial charge in [-0.05, 0) is 45.9 Å². The van der Waals surface area contributed by atoms with Crippen LogP contribution < -0.4 is 10.6 Å². The van der Waals surface area contributed by atoms with Crippen LogP contribution in [0, 0.1) is 5.82 Å². The zero-order valence-corrected chi connectivity index (χ0v) is 17.5. The van der Waals surface area contributed by atoms with Crippen molar-refractivity contribution >= 4 is 35.3 Å². The van der Waals surface area contributed by atoms with Gasteiger partial charge in [-0.25, -0.2) is 19.0 Å². The number of carbonyl (C=O) groups is 2. The van der Waals surface area contributed by atoms with E-state index in [0.717, 1.165) is 6.07 Å². The first-order valence-corrected chi connectivity index (χ1v) is 9.37. The molecule has 1 atom stereocenters. The largest absolute Gasteiger partial charge is 0.465 e. The molecule has 11 heteroatoms. The van der Waals surface area contributed by atoms with Crippen molar-refractivity contribution in [2.24, 2.45) is 4.99 Å². The molecule has 3 rings (SSSR count). The zero-order valence-electron chi connectivity index (χ0n) is 16.8. The fraction of sp³-hybridized carbons (Fsp3) is 0.368. The number of alkyl carbamates (subject to hydrolysis) is 1. The van der Waals surface area contributed by atoms with Crippen LogP contribution in [0.4, 0.5) is 19.7 Å². The fourth-order valence-corrected chi connectivity index (χ4v) is 3.32. The molecule has 2 aromatic rings. The van der Waals surface area contributed by atoms with Crippen molar-refractivity contribution < 1.29 is 23.8 Å². The Labute approximate surface area is 176 Å². The lowest BCUT2D eigenvalue weighted by molar-refractivity contribution is 0.0562. The van der Waals surface area contributed by atoms with Gasteiger partial charge in [-0.2, -0.15) is 0 Å². The summed E-state index contributed by atoms with van der Waals surface area (Å²) >= 11 is 6.03. The van der Waals surface area contributed by atoms with E-state index in [2.05, 4.69) is 20.6 Å². The molecule has 3 N–H and O–H groups in total. The number of nitrogens with one attached hydrogen (secondary N) is 2. The Morgan fingerprint density at radius 1 is 1.33 bits per heavy atom. The van der Waals surface area contributed by atoms with Gasteiger partial charge in [-0.3, -0.25) is 15.6 Å². The Morgan fingerprint density at radius 2 is 2.03 bits per heavy atom. The predicted octanol–water partition coefficient (Wildman–Crippen LogP) is 3.97. The van der Waals surface area contributed by atoms with E-state index in [1.807, 2.05) is 0 Å². The summed E-state index contributed by atoms with van der Waals surface area (Å²) in [5, 5.41) is 13.9. The Kier molecular flexibility index (Phi) is 5.46. The van der Waals surface area contributed by atoms with Crippen LogP contribution in [0.15, 0.2) is 29.4 Å². The number of aromatic nitrogens is 2. The van der Waals surface area contributed by atoms with Crippen LogP contribution in [0.25, 0.3) is 0 Å². The van der Waals surface area contributed by atoms with Gasteiger partial charge in [0.25, 0.3) is 0 Å². The van der Waals surface area contributed by atoms with Gasteiger partial charge in [0.1, 0.15) is 22.1 Å². The number of anilines is 1. The highest BCUT2D eigenvalue weighted by Crippen LogP contribution is 2.35. The number of halogens is 2. The van der Waals surface area contributed by atoms with Crippen molar-refractivity contribution in [1.82, 2.24) is 14.9 Å². The number of nitrogens with zero attached hydrogens (tertiary/aromatic N) is 3. The van der Waals surface area contributed by atoms with Gasteiger partial charge < -0.3 is 14.4 Å². The molecule has 0 fully saturated rings. The lowest BCUT2D eigenvalue weighted by Gasteiger charge is -2.32. The summed E-state index contributed by atoms with van der Waals surface area (Å²) in [5.74, 6) is -0.229. The normalized spacial score (nSPS) is 18.3. The fourth-order valence-electron chi connectivity index (χ4n) is 3.13. The quantitative estimate of drug-likeness (QED) is 0.657. The summed E-state index contributed by atoms with van der Waals surface area (Å²) in [4.78, 5) is 32.0. The molecule has 0 radical (unpaired) electrons. The number of hydrogen-bond acceptors (Lipinski definition) is 5. The Balaban J connectivity index is 2.04. The summed E-state index contributed by atoms with van der Waals surface area (Å²) in [6, 6.07) is 3.82. The number of imidazole rings is 1. The molecular weight excluding hydrogens is 417 g/mol. The molecule has 9 nitrogen and oxygen atoms in total. The van der Waals surface area contributed by atoms with E-state index < -0.39 is 29.1 Å². The van der Waals surface area contributed by atoms with Crippen LogP contribution in [0.1, 0.15) is 39.1 Å². The van der Waals surface area contributed by atoms with Gasteiger partial charge in [-0.15, -0.1) is 0 Å². The molecule has 1 aromatic carbocycles. The van der Waals surface area contributed by atoms with E-state index in [9.17, 15) is 14.0 Å². The third-order valence-corrected chi connectivity index (χ3v) is 4.40. The van der Waals surface area contributed by atoms with E-state index in [1.54, 1.807) is 32.3 Å². The number of ether oxygens (including phenoxy) is 1. The van der Waals surface area contributed by atoms with Crippen molar-refractivity contribution in [3.63, 3.8) is 0 Å². The van der Waals surface area contributed by atoms with Crippen molar-refractivity contribution in [2.45, 2.75) is 45.4 Å². The number of carboxylic acid groups (broad SMARTS) is 1. The summed E-state index contributed by atoms with van der Waals surface area (Å²) in [6.45, 7) is 6.97. The second-order valence-electron chi connectivity index (χ2n) is 8.00. The Hall–Kier alpha value is -3.14. The maximum absolute atomic E-state index is 14.7. The highest BCUT2D eigenvalue weighted by atomic mass is 35.5. The van der Waals surface area contributed by atoms with Gasteiger partial charge in [-0.1, -0.05) is 11.6 Å². The second kappa shape index (κ2) is 7.60. The maximum atomic E-state index is 14.7. The first-order valence-electron chi connectivity index (χ1n) is 8.99. The molecule has 30 heavy (non-hydrogen) atoms. The Morgan fingerprint density at radius 3 is 2.67 bits per heavy atom. The minimum atomic E-state index is -1.28. The topological polar surface area (TPSA) is 118 Å². The van der Waals surface area contributed by atoms with Crippen molar-refractivity contribution in [2.75, 3.05) is 5.32 Å². The van der Waals surface area contributed by atoms with E-state index in [4.69, 9.17) is 21.4 Å². The molecule has 0 saturated carbocycles. The van der Waals surface area contributed by atoms with Gasteiger partial charge >= 0.3 is 12.2 Å². The summed E-state index contributed by atoms with van der Waals surface area (Å²) < 4.78 is 21.6. The monoisotopic (exact) mass is 437 g/mol. The number of amidine groups is 1. The SMILES string of the molecule is CC(C)(C)OC(=O)NC1=NC(C)(c2cc(NC(=O)O)ccc2F)Cn2cc(Cl)nc21. The third-order valence-electron chi connectivity index (χ3n) is 4.21. The number of benzene rings is 1. The summed E-state index contributed by atoms with van der Waals surface area (Å²) in [5.41, 5.74) is -1.61. The molecule has 160 valence electrons. The molecule has 1 aromatic heterocycles. The molecule has 2 heterocycles. The lowest BCUT2D eigenvalue weighted by Crippen LogP contribution is -2.43. The number of aliphatic imine (C=N–C) groups is 1. The van der Waals surface area contributed by atoms with Gasteiger partial charge in [0.05, 0.1) is 6.54 Å². The molecule has 0 bridgehead atoms. The van der Waals surface area contributed by atoms with Crippen LogP contribution in [0.5, 0.6) is 0 Å². The number of amides is 2. The lowest BCUT2D eigenvalue weighted by atomic mass is 9.90. The number of fused-ring (bicyclic) bond motifs is 1. The molecular formula is C19H21ClFN5O4. The van der Waals surface area contributed by atoms with Crippen molar-refractivity contribution in [3.05, 3.63) is 46.8 Å². The van der Waals surface area contributed by atoms with Crippen LogP contribution in [0.3, 0.4) is 0 Å². The van der Waals surface area contributed by atoms with Crippen molar-refractivity contribution in [1.29, 1.82) is 0 Å². The second-order valence-corrected chi connectivity index (χ2v) is 8.39. The molecule has 1 aliphatic rings. The Bertz CT molecular complexity index is 1050. The van der Waals surface area contributed by atoms with E-state index >= 15 is 0 Å². The van der Waals surface area contributed by atoms with E-state index in [1.165, 1.54) is 18.3 Å². The molecule has 0 aliphatic carbocycles. The summed E-state index contributed by atoms with van der Waals surface area (Å²) in [6.07, 6.45) is -0.489. The number of carbonyl (C=O) groups excluding carboxylic acids is 1. The molecule has 0 saturated heterocycles. The zero-order chi connectivity index (χ0) is 22.3. The van der Waals surface area contributed by atoms with E-state index in [0.29, 0.717) is 5.82 Å². The minimum absolute atomic E-state index is 0.0564. The van der Waals surface area contributed by atoms with Crippen LogP contribution in [-0.2, 0) is 16.8 Å². The van der Waals surface area contributed by atoms with E-state index in [-0.39, 0.29) is 28.8 Å². The molecule has 0 spiro atoms. The average molecular weight is 438 g/mol. The van der Waals surface area contributed by atoms with Crippen LogP contribution in [-0.4, -0.2) is 38.3 Å². The third kappa shape index (κ3) is 4.70. The first-order chi connectivity index (χ1) is 13.9. The first kappa shape index (κ1) is 21.6. The number of rotatable bonds is 2. The minimum Gasteiger partial charge on any atom is -0.465 e.